The van der Waals surface area contributed by atoms with Gasteiger partial charge in [0.25, 0.3) is 0 Å². The first-order chi connectivity index (χ1) is 18.0. The SMILES string of the molecule is C=CCN(C(=O)C(Cc1ccccc1)NC(=O)OC(C)(C)C)C(C(=O)NCCCC)c1cccc(C)c1C. The van der Waals surface area contributed by atoms with Crippen LogP contribution in [-0.4, -0.2) is 47.5 Å². The number of amides is 3. The number of alkyl carbamates (subject to hydrolysis) is 1. The average Bonchev–Trinajstić information content (AvgIpc) is 2.85. The van der Waals surface area contributed by atoms with Gasteiger partial charge < -0.3 is 20.3 Å². The van der Waals surface area contributed by atoms with Gasteiger partial charge in [0.2, 0.25) is 11.8 Å². The number of rotatable bonds is 12. The predicted octanol–water partition coefficient (Wildman–Crippen LogP) is 5.41. The molecule has 3 amide bonds. The van der Waals surface area contributed by atoms with Crippen molar-refractivity contribution in [2.45, 2.75) is 78.5 Å². The summed E-state index contributed by atoms with van der Waals surface area (Å²) in [7, 11) is 0. The normalized spacial score (nSPS) is 12.7. The standard InChI is InChI=1S/C31H43N3O4/c1-8-10-19-32-28(35)27(25-18-14-15-22(3)23(25)4)34(20-9-2)29(36)26(21-24-16-12-11-13-17-24)33-30(37)38-31(5,6)7/h9,11-18,26-27H,2,8,10,19-21H2,1,3-7H3,(H,32,35)(H,33,37). The van der Waals surface area contributed by atoms with Crippen molar-refractivity contribution in [3.63, 3.8) is 0 Å². The monoisotopic (exact) mass is 521 g/mol. The molecular weight excluding hydrogens is 478 g/mol. The van der Waals surface area contributed by atoms with Crippen molar-refractivity contribution in [1.29, 1.82) is 0 Å². The molecule has 0 bridgehead atoms. The fourth-order valence-electron chi connectivity index (χ4n) is 4.17. The number of aryl methyl sites for hydroxylation is 1. The molecule has 0 aliphatic rings. The van der Waals surface area contributed by atoms with Gasteiger partial charge in [-0.05, 0) is 63.3 Å². The molecule has 2 unspecified atom stereocenters. The first kappa shape index (κ1) is 30.6. The summed E-state index contributed by atoms with van der Waals surface area (Å²) in [6.45, 7) is 15.8. The molecule has 0 saturated heterocycles. The van der Waals surface area contributed by atoms with Crippen LogP contribution in [0.5, 0.6) is 0 Å². The van der Waals surface area contributed by atoms with Crippen LogP contribution in [0.15, 0.2) is 61.2 Å². The second-order valence-corrected chi connectivity index (χ2v) is 10.5. The highest BCUT2D eigenvalue weighted by Crippen LogP contribution is 2.28. The van der Waals surface area contributed by atoms with E-state index in [-0.39, 0.29) is 18.9 Å². The van der Waals surface area contributed by atoms with Gasteiger partial charge in [0.15, 0.2) is 0 Å². The van der Waals surface area contributed by atoms with Gasteiger partial charge >= 0.3 is 6.09 Å². The molecule has 0 fully saturated rings. The molecular formula is C31H43N3O4. The van der Waals surface area contributed by atoms with Gasteiger partial charge in [-0.1, -0.05) is 68.0 Å². The van der Waals surface area contributed by atoms with E-state index in [0.717, 1.165) is 35.1 Å². The van der Waals surface area contributed by atoms with Gasteiger partial charge in [0, 0.05) is 19.5 Å². The molecule has 0 aromatic heterocycles. The van der Waals surface area contributed by atoms with Crippen molar-refractivity contribution in [3.8, 4) is 0 Å². The predicted molar refractivity (Wildman–Crippen MR) is 152 cm³/mol. The maximum atomic E-state index is 14.2. The Bertz CT molecular complexity index is 1090. The molecule has 7 heteroatoms. The van der Waals surface area contributed by atoms with Crippen LogP contribution in [0, 0.1) is 13.8 Å². The minimum absolute atomic E-state index is 0.124. The lowest BCUT2D eigenvalue weighted by Crippen LogP contribution is -2.54. The lowest BCUT2D eigenvalue weighted by molar-refractivity contribution is -0.141. The number of nitrogens with one attached hydrogen (secondary N) is 2. The van der Waals surface area contributed by atoms with Crippen LogP contribution in [0.2, 0.25) is 0 Å². The summed E-state index contributed by atoms with van der Waals surface area (Å²) in [6, 6.07) is 13.3. The second-order valence-electron chi connectivity index (χ2n) is 10.5. The smallest absolute Gasteiger partial charge is 0.408 e. The van der Waals surface area contributed by atoms with Crippen molar-refractivity contribution < 1.29 is 19.1 Å². The summed E-state index contributed by atoms with van der Waals surface area (Å²) in [6.07, 6.45) is 2.91. The lowest BCUT2D eigenvalue weighted by atomic mass is 9.94. The molecule has 0 aliphatic heterocycles. The minimum Gasteiger partial charge on any atom is -0.444 e. The fourth-order valence-corrected chi connectivity index (χ4v) is 4.17. The van der Waals surface area contributed by atoms with Crippen molar-refractivity contribution >= 4 is 17.9 Å². The van der Waals surface area contributed by atoms with E-state index in [1.54, 1.807) is 26.8 Å². The third kappa shape index (κ3) is 9.05. The van der Waals surface area contributed by atoms with Crippen molar-refractivity contribution in [2.24, 2.45) is 0 Å². The molecule has 38 heavy (non-hydrogen) atoms. The summed E-state index contributed by atoms with van der Waals surface area (Å²) < 4.78 is 5.47. The van der Waals surface area contributed by atoms with Crippen LogP contribution in [-0.2, 0) is 20.7 Å². The Morgan fingerprint density at radius 2 is 1.74 bits per heavy atom. The molecule has 2 atom stereocenters. The highest BCUT2D eigenvalue weighted by Gasteiger charge is 2.36. The number of benzene rings is 2. The van der Waals surface area contributed by atoms with E-state index in [4.69, 9.17) is 4.74 Å². The highest BCUT2D eigenvalue weighted by molar-refractivity contribution is 5.92. The minimum atomic E-state index is -0.955. The summed E-state index contributed by atoms with van der Waals surface area (Å²) in [4.78, 5) is 42.1. The molecule has 0 heterocycles. The maximum absolute atomic E-state index is 14.2. The molecule has 206 valence electrons. The second kappa shape index (κ2) is 14.4. The fraction of sp³-hybridized carbons (Fsp3) is 0.452. The molecule has 0 spiro atoms. The molecule has 0 saturated carbocycles. The summed E-state index contributed by atoms with van der Waals surface area (Å²) in [5.74, 6) is -0.658. The first-order valence-electron chi connectivity index (χ1n) is 13.3. The number of unbranched alkanes of at least 4 members (excludes halogenated alkanes) is 1. The number of carbonyl (C=O) groups is 3. The summed E-state index contributed by atoms with van der Waals surface area (Å²) >= 11 is 0. The third-order valence-corrected chi connectivity index (χ3v) is 6.21. The first-order valence-corrected chi connectivity index (χ1v) is 13.3. The van der Waals surface area contributed by atoms with E-state index < -0.39 is 29.7 Å². The Balaban J connectivity index is 2.54. The Morgan fingerprint density at radius 1 is 1.05 bits per heavy atom. The van der Waals surface area contributed by atoms with Crippen LogP contribution in [0.4, 0.5) is 4.79 Å². The highest BCUT2D eigenvalue weighted by atomic mass is 16.6. The quantitative estimate of drug-likeness (QED) is 0.289. The number of carbonyl (C=O) groups excluding carboxylic acids is 3. The zero-order valence-electron chi connectivity index (χ0n) is 23.7. The zero-order chi connectivity index (χ0) is 28.3. The van der Waals surface area contributed by atoms with E-state index in [0.29, 0.717) is 6.54 Å². The van der Waals surface area contributed by atoms with Crippen LogP contribution in [0.25, 0.3) is 0 Å². The molecule has 7 nitrogen and oxygen atoms in total. The van der Waals surface area contributed by atoms with Gasteiger partial charge in [-0.15, -0.1) is 6.58 Å². The zero-order valence-corrected chi connectivity index (χ0v) is 23.7. The molecule has 2 aromatic rings. The molecule has 0 aliphatic carbocycles. The Hall–Kier alpha value is -3.61. The van der Waals surface area contributed by atoms with Crippen molar-refractivity contribution in [3.05, 3.63) is 83.4 Å². The van der Waals surface area contributed by atoms with E-state index >= 15 is 0 Å². The van der Waals surface area contributed by atoms with Gasteiger partial charge in [0.05, 0.1) is 0 Å². The van der Waals surface area contributed by atoms with Gasteiger partial charge in [0.1, 0.15) is 17.7 Å². The molecule has 2 N–H and O–H groups in total. The molecule has 0 radical (unpaired) electrons. The van der Waals surface area contributed by atoms with Crippen molar-refractivity contribution in [2.75, 3.05) is 13.1 Å². The van der Waals surface area contributed by atoms with Gasteiger partial charge in [-0.3, -0.25) is 9.59 Å². The topological polar surface area (TPSA) is 87.7 Å². The number of hydrogen-bond donors (Lipinski definition) is 2. The average molecular weight is 522 g/mol. The van der Waals surface area contributed by atoms with Gasteiger partial charge in [-0.2, -0.15) is 0 Å². The van der Waals surface area contributed by atoms with Crippen LogP contribution in [0.1, 0.15) is 68.8 Å². The Labute approximate surface area is 227 Å². The number of ether oxygens (including phenoxy) is 1. The van der Waals surface area contributed by atoms with E-state index in [2.05, 4.69) is 24.1 Å². The van der Waals surface area contributed by atoms with E-state index in [1.165, 1.54) is 4.90 Å². The van der Waals surface area contributed by atoms with E-state index in [9.17, 15) is 14.4 Å². The number of hydrogen-bond acceptors (Lipinski definition) is 4. The maximum Gasteiger partial charge on any atom is 0.408 e. The molecule has 2 aromatic carbocycles. The Kier molecular flexibility index (Phi) is 11.6. The van der Waals surface area contributed by atoms with Gasteiger partial charge in [-0.25, -0.2) is 4.79 Å². The largest absolute Gasteiger partial charge is 0.444 e. The van der Waals surface area contributed by atoms with Crippen LogP contribution in [0.3, 0.4) is 0 Å². The number of nitrogens with zero attached hydrogens (tertiary/aromatic N) is 1. The van der Waals surface area contributed by atoms with E-state index in [1.807, 2.05) is 62.4 Å². The van der Waals surface area contributed by atoms with Crippen LogP contribution < -0.4 is 10.6 Å². The molecule has 2 rings (SSSR count). The van der Waals surface area contributed by atoms with Crippen molar-refractivity contribution in [1.82, 2.24) is 15.5 Å². The van der Waals surface area contributed by atoms with Crippen LogP contribution >= 0.6 is 0 Å². The lowest BCUT2D eigenvalue weighted by Gasteiger charge is -2.34. The summed E-state index contributed by atoms with van der Waals surface area (Å²) in [5, 5.41) is 5.77. The summed E-state index contributed by atoms with van der Waals surface area (Å²) in [5.41, 5.74) is 2.84. The Morgan fingerprint density at radius 3 is 2.34 bits per heavy atom. The third-order valence-electron chi connectivity index (χ3n) is 6.21.